The molecule has 0 bridgehead atoms. The Kier molecular flexibility index (Phi) is 7.81. The van der Waals surface area contributed by atoms with Gasteiger partial charge in [-0.25, -0.2) is 0 Å². The van der Waals surface area contributed by atoms with Crippen LogP contribution in [0, 0.1) is 0 Å². The number of carboxylic acid groups (broad SMARTS) is 1. The number of carbonyl (C=O) groups excluding carboxylic acids is 2. The summed E-state index contributed by atoms with van der Waals surface area (Å²) in [6.45, 7) is -0.592. The average Bonchev–Trinajstić information content (AvgIpc) is 2.76. The molecule has 2 amide bonds. The zero-order chi connectivity index (χ0) is 22.1. The monoisotopic (exact) mass is 414 g/mol. The summed E-state index contributed by atoms with van der Waals surface area (Å²) in [7, 11) is 4.44. The number of ether oxygens (including phenoxy) is 3. The number of hydrogen-bond donors (Lipinski definition) is 3. The molecule has 30 heavy (non-hydrogen) atoms. The molecule has 0 fully saturated rings. The molecular weight excluding hydrogens is 392 g/mol. The van der Waals surface area contributed by atoms with Crippen LogP contribution in [0.5, 0.6) is 17.2 Å². The highest BCUT2D eigenvalue weighted by Gasteiger charge is 2.17. The van der Waals surface area contributed by atoms with Crippen LogP contribution in [0.3, 0.4) is 0 Å². The van der Waals surface area contributed by atoms with Crippen LogP contribution in [0.2, 0.25) is 0 Å². The van der Waals surface area contributed by atoms with E-state index in [1.54, 1.807) is 30.3 Å². The van der Waals surface area contributed by atoms with E-state index in [9.17, 15) is 14.4 Å². The maximum absolute atomic E-state index is 12.7. The summed E-state index contributed by atoms with van der Waals surface area (Å²) < 4.78 is 15.4. The van der Waals surface area contributed by atoms with Crippen molar-refractivity contribution in [3.63, 3.8) is 0 Å². The SMILES string of the molecule is COc1ccc(C=C(NC(=O)c2ccc(OC)c(OC)c2)C(=O)NCC(=O)O)cc1. The van der Waals surface area contributed by atoms with Gasteiger partial charge in [-0.15, -0.1) is 0 Å². The zero-order valence-electron chi connectivity index (χ0n) is 16.7. The summed E-state index contributed by atoms with van der Waals surface area (Å²) in [4.78, 5) is 35.9. The Labute approximate surface area is 173 Å². The van der Waals surface area contributed by atoms with Crippen LogP contribution in [0.1, 0.15) is 15.9 Å². The van der Waals surface area contributed by atoms with Gasteiger partial charge in [-0.2, -0.15) is 0 Å². The summed E-state index contributed by atoms with van der Waals surface area (Å²) >= 11 is 0. The highest BCUT2D eigenvalue weighted by atomic mass is 16.5. The third kappa shape index (κ3) is 5.99. The second kappa shape index (κ2) is 10.5. The number of aliphatic carboxylic acids is 1. The van der Waals surface area contributed by atoms with E-state index in [1.807, 2.05) is 0 Å². The quantitative estimate of drug-likeness (QED) is 0.534. The number of carboxylic acids is 1. The Bertz CT molecular complexity index is 952. The van der Waals surface area contributed by atoms with Crippen LogP contribution in [0.15, 0.2) is 48.2 Å². The van der Waals surface area contributed by atoms with E-state index in [0.29, 0.717) is 22.8 Å². The summed E-state index contributed by atoms with van der Waals surface area (Å²) in [6, 6.07) is 11.3. The smallest absolute Gasteiger partial charge is 0.322 e. The van der Waals surface area contributed by atoms with E-state index in [-0.39, 0.29) is 11.3 Å². The van der Waals surface area contributed by atoms with E-state index in [2.05, 4.69) is 10.6 Å². The lowest BCUT2D eigenvalue weighted by Gasteiger charge is -2.12. The number of hydrogen-bond acceptors (Lipinski definition) is 6. The molecule has 9 nitrogen and oxygen atoms in total. The number of nitrogens with one attached hydrogen (secondary N) is 2. The minimum atomic E-state index is -1.21. The van der Waals surface area contributed by atoms with Gasteiger partial charge >= 0.3 is 5.97 Å². The van der Waals surface area contributed by atoms with Crippen molar-refractivity contribution in [2.24, 2.45) is 0 Å². The van der Waals surface area contributed by atoms with E-state index < -0.39 is 24.3 Å². The Morgan fingerprint density at radius 2 is 1.60 bits per heavy atom. The highest BCUT2D eigenvalue weighted by Crippen LogP contribution is 2.27. The Morgan fingerprint density at radius 3 is 2.17 bits per heavy atom. The molecule has 3 N–H and O–H groups in total. The van der Waals surface area contributed by atoms with Gasteiger partial charge in [0.15, 0.2) is 11.5 Å². The standard InChI is InChI=1S/C21H22N2O7/c1-28-15-7-4-13(5-8-15)10-16(21(27)22-12-19(24)25)23-20(26)14-6-9-17(29-2)18(11-14)30-3/h4-11H,12H2,1-3H3,(H,22,27)(H,23,26)(H,24,25). The van der Waals surface area contributed by atoms with Gasteiger partial charge in [0.1, 0.15) is 18.0 Å². The Balaban J connectivity index is 2.31. The lowest BCUT2D eigenvalue weighted by atomic mass is 10.1. The van der Waals surface area contributed by atoms with E-state index in [1.165, 1.54) is 39.5 Å². The highest BCUT2D eigenvalue weighted by molar-refractivity contribution is 6.06. The first-order chi connectivity index (χ1) is 14.4. The third-order valence-corrected chi connectivity index (χ3v) is 3.97. The van der Waals surface area contributed by atoms with Gasteiger partial charge in [0.05, 0.1) is 21.3 Å². The van der Waals surface area contributed by atoms with Crippen molar-refractivity contribution in [1.29, 1.82) is 0 Å². The second-order valence-corrected chi connectivity index (χ2v) is 5.93. The third-order valence-electron chi connectivity index (χ3n) is 3.97. The van der Waals surface area contributed by atoms with Gasteiger partial charge in [0, 0.05) is 5.56 Å². The maximum atomic E-state index is 12.7. The molecule has 158 valence electrons. The zero-order valence-corrected chi connectivity index (χ0v) is 16.7. The summed E-state index contributed by atoms with van der Waals surface area (Å²) in [6.07, 6.45) is 1.43. The first kappa shape index (κ1) is 22.3. The van der Waals surface area contributed by atoms with Gasteiger partial charge in [0.25, 0.3) is 11.8 Å². The molecule has 0 aliphatic carbocycles. The number of methoxy groups -OCH3 is 3. The molecule has 0 spiro atoms. The largest absolute Gasteiger partial charge is 0.497 e. The first-order valence-electron chi connectivity index (χ1n) is 8.77. The Morgan fingerprint density at radius 1 is 0.933 bits per heavy atom. The van der Waals surface area contributed by atoms with Crippen LogP contribution in [0.4, 0.5) is 0 Å². The average molecular weight is 414 g/mol. The van der Waals surface area contributed by atoms with Gasteiger partial charge in [-0.3, -0.25) is 14.4 Å². The topological polar surface area (TPSA) is 123 Å². The molecule has 9 heteroatoms. The Hall–Kier alpha value is -4.01. The number of carbonyl (C=O) groups is 3. The van der Waals surface area contributed by atoms with Crippen LogP contribution in [0.25, 0.3) is 6.08 Å². The molecule has 0 aromatic heterocycles. The van der Waals surface area contributed by atoms with Gasteiger partial charge in [-0.05, 0) is 42.0 Å². The molecule has 0 atom stereocenters. The summed E-state index contributed by atoms with van der Waals surface area (Å²) in [5, 5.41) is 13.5. The molecule has 2 rings (SSSR count). The van der Waals surface area contributed by atoms with Gasteiger partial charge in [0.2, 0.25) is 0 Å². The minimum Gasteiger partial charge on any atom is -0.497 e. The van der Waals surface area contributed by atoms with Crippen molar-refractivity contribution < 1.29 is 33.7 Å². The predicted octanol–water partition coefficient (Wildman–Crippen LogP) is 1.68. The molecule has 0 saturated carbocycles. The summed E-state index contributed by atoms with van der Waals surface area (Å²) in [5.74, 6) is -1.12. The van der Waals surface area contributed by atoms with Crippen molar-refractivity contribution in [2.45, 2.75) is 0 Å². The predicted molar refractivity (Wildman–Crippen MR) is 109 cm³/mol. The normalized spacial score (nSPS) is 10.7. The lowest BCUT2D eigenvalue weighted by molar-refractivity contribution is -0.137. The van der Waals surface area contributed by atoms with Crippen molar-refractivity contribution in [3.8, 4) is 17.2 Å². The van der Waals surface area contributed by atoms with Gasteiger partial charge in [-0.1, -0.05) is 12.1 Å². The van der Waals surface area contributed by atoms with Crippen LogP contribution >= 0.6 is 0 Å². The number of amides is 2. The first-order valence-corrected chi connectivity index (χ1v) is 8.77. The molecule has 0 heterocycles. The fourth-order valence-electron chi connectivity index (χ4n) is 2.45. The molecule has 2 aromatic rings. The molecule has 0 aliphatic rings. The van der Waals surface area contributed by atoms with Crippen molar-refractivity contribution in [2.75, 3.05) is 27.9 Å². The van der Waals surface area contributed by atoms with Crippen LogP contribution in [-0.2, 0) is 9.59 Å². The number of benzene rings is 2. The second-order valence-electron chi connectivity index (χ2n) is 5.93. The van der Waals surface area contributed by atoms with Crippen LogP contribution in [-0.4, -0.2) is 50.8 Å². The molecular formula is C21H22N2O7. The van der Waals surface area contributed by atoms with Crippen molar-refractivity contribution >= 4 is 23.9 Å². The molecule has 0 unspecified atom stereocenters. The van der Waals surface area contributed by atoms with Crippen molar-refractivity contribution in [3.05, 3.63) is 59.3 Å². The molecule has 0 saturated heterocycles. The molecule has 0 radical (unpaired) electrons. The van der Waals surface area contributed by atoms with E-state index >= 15 is 0 Å². The fraction of sp³-hybridized carbons (Fsp3) is 0.190. The molecule has 2 aromatic carbocycles. The lowest BCUT2D eigenvalue weighted by Crippen LogP contribution is -2.37. The number of rotatable bonds is 9. The van der Waals surface area contributed by atoms with Gasteiger partial charge < -0.3 is 30.0 Å². The molecule has 0 aliphatic heterocycles. The minimum absolute atomic E-state index is 0.124. The maximum Gasteiger partial charge on any atom is 0.322 e. The van der Waals surface area contributed by atoms with Crippen LogP contribution < -0.4 is 24.8 Å². The summed E-state index contributed by atoms with van der Waals surface area (Å²) in [5.41, 5.74) is 0.699. The van der Waals surface area contributed by atoms with E-state index in [0.717, 1.165) is 0 Å². The fourth-order valence-corrected chi connectivity index (χ4v) is 2.45. The van der Waals surface area contributed by atoms with E-state index in [4.69, 9.17) is 19.3 Å². The van der Waals surface area contributed by atoms with Crippen molar-refractivity contribution in [1.82, 2.24) is 10.6 Å².